The summed E-state index contributed by atoms with van der Waals surface area (Å²) < 4.78 is 0. The van der Waals surface area contributed by atoms with Crippen molar-refractivity contribution < 1.29 is 57.5 Å². The maximum atomic E-state index is 11.0. The van der Waals surface area contributed by atoms with E-state index in [2.05, 4.69) is 0 Å². The summed E-state index contributed by atoms with van der Waals surface area (Å²) in [7, 11) is 0. The Labute approximate surface area is 132 Å². The fourth-order valence-corrected chi connectivity index (χ4v) is 2.32. The molecule has 0 aliphatic heterocycles. The summed E-state index contributed by atoms with van der Waals surface area (Å²) in [6.07, 6.45) is 4.39. The molecule has 3 unspecified atom stereocenters. The minimum atomic E-state index is -1.30. The zero-order valence-electron chi connectivity index (χ0n) is 11.5. The Morgan fingerprint density at radius 2 is 1.78 bits per heavy atom. The number of carbonyl (C=O) groups excluding carboxylic acids is 2. The standard InChI is InChI=1S/C12H18O4.2Li/c1-7(2)6-8-4-3-5-9(11(13)14)10(8)12(15)16;;/h3-4,7-10H,5-6H2,1-2H3,(H,13,14)(H,15,16);;/q;2*+1/p-2. The first-order chi connectivity index (χ1) is 7.43. The van der Waals surface area contributed by atoms with Crippen molar-refractivity contribution in [2.24, 2.45) is 23.7 Å². The second-order valence-corrected chi connectivity index (χ2v) is 4.73. The van der Waals surface area contributed by atoms with E-state index in [1.807, 2.05) is 13.8 Å². The molecule has 0 aromatic heterocycles. The van der Waals surface area contributed by atoms with Crippen molar-refractivity contribution in [3.63, 3.8) is 0 Å². The summed E-state index contributed by atoms with van der Waals surface area (Å²) in [6.45, 7) is 3.95. The van der Waals surface area contributed by atoms with Crippen LogP contribution in [0.2, 0.25) is 0 Å². The Bertz CT molecular complexity index is 315. The molecule has 0 N–H and O–H groups in total. The number of hydrogen-bond acceptors (Lipinski definition) is 4. The molecule has 18 heavy (non-hydrogen) atoms. The first-order valence-corrected chi connectivity index (χ1v) is 5.51. The van der Waals surface area contributed by atoms with E-state index in [0.717, 1.165) is 0 Å². The first-order valence-electron chi connectivity index (χ1n) is 5.51. The molecule has 0 aromatic rings. The van der Waals surface area contributed by atoms with Crippen LogP contribution < -0.4 is 47.9 Å². The van der Waals surface area contributed by atoms with Crippen molar-refractivity contribution in [2.45, 2.75) is 26.7 Å². The second kappa shape index (κ2) is 8.89. The molecule has 0 amide bonds. The molecule has 0 radical (unpaired) electrons. The minimum Gasteiger partial charge on any atom is -0.550 e. The monoisotopic (exact) mass is 238 g/mol. The fraction of sp³-hybridized carbons (Fsp3) is 0.667. The quantitative estimate of drug-likeness (QED) is 0.360. The fourth-order valence-electron chi connectivity index (χ4n) is 2.32. The van der Waals surface area contributed by atoms with Crippen LogP contribution in [0.1, 0.15) is 26.7 Å². The average Bonchev–Trinajstić information content (AvgIpc) is 2.15. The minimum absolute atomic E-state index is 0. The summed E-state index contributed by atoms with van der Waals surface area (Å²) in [5.74, 6) is -4.45. The van der Waals surface area contributed by atoms with Gasteiger partial charge < -0.3 is 19.8 Å². The van der Waals surface area contributed by atoms with Crippen LogP contribution in [0.3, 0.4) is 0 Å². The summed E-state index contributed by atoms with van der Waals surface area (Å²) >= 11 is 0. The molecule has 3 atom stereocenters. The predicted octanol–water partition coefficient (Wildman–Crippen LogP) is -6.65. The molecular formula is C12H16Li2O4. The van der Waals surface area contributed by atoms with Gasteiger partial charge in [-0.2, -0.15) is 0 Å². The third-order valence-corrected chi connectivity index (χ3v) is 2.99. The van der Waals surface area contributed by atoms with Gasteiger partial charge in [0, 0.05) is 23.8 Å². The van der Waals surface area contributed by atoms with Crippen molar-refractivity contribution >= 4 is 11.9 Å². The summed E-state index contributed by atoms with van der Waals surface area (Å²) in [5.41, 5.74) is 0. The zero-order chi connectivity index (χ0) is 12.3. The van der Waals surface area contributed by atoms with Crippen molar-refractivity contribution in [3.8, 4) is 0 Å². The van der Waals surface area contributed by atoms with Gasteiger partial charge >= 0.3 is 37.7 Å². The molecule has 1 aliphatic carbocycles. The van der Waals surface area contributed by atoms with Crippen molar-refractivity contribution in [2.75, 3.05) is 0 Å². The number of hydrogen-bond donors (Lipinski definition) is 0. The van der Waals surface area contributed by atoms with Crippen molar-refractivity contribution in [3.05, 3.63) is 12.2 Å². The summed E-state index contributed by atoms with van der Waals surface area (Å²) in [5, 5.41) is 21.9. The Balaban J connectivity index is 0. The van der Waals surface area contributed by atoms with Crippen LogP contribution in [-0.2, 0) is 9.59 Å². The van der Waals surface area contributed by atoms with E-state index in [0.29, 0.717) is 12.3 Å². The Morgan fingerprint density at radius 3 is 2.17 bits per heavy atom. The van der Waals surface area contributed by atoms with Crippen LogP contribution in [0.25, 0.3) is 0 Å². The van der Waals surface area contributed by atoms with Crippen LogP contribution in [0, 0.1) is 23.7 Å². The predicted molar refractivity (Wildman–Crippen MR) is 53.7 cm³/mol. The topological polar surface area (TPSA) is 80.3 Å². The molecule has 0 saturated heterocycles. The maximum Gasteiger partial charge on any atom is 1.00 e. The van der Waals surface area contributed by atoms with Crippen molar-refractivity contribution in [1.82, 2.24) is 0 Å². The molecule has 6 heteroatoms. The maximum absolute atomic E-state index is 11.0. The van der Waals surface area contributed by atoms with E-state index >= 15 is 0 Å². The van der Waals surface area contributed by atoms with Gasteiger partial charge in [0.2, 0.25) is 0 Å². The number of aliphatic carboxylic acids is 2. The Kier molecular flexibility index (Phi) is 9.97. The molecule has 0 aromatic carbocycles. The van der Waals surface area contributed by atoms with E-state index in [9.17, 15) is 19.8 Å². The second-order valence-electron chi connectivity index (χ2n) is 4.73. The van der Waals surface area contributed by atoms with Gasteiger partial charge in [0.1, 0.15) is 0 Å². The molecule has 0 spiro atoms. The van der Waals surface area contributed by atoms with E-state index in [-0.39, 0.29) is 50.1 Å². The molecule has 0 heterocycles. The number of carboxylic acids is 2. The molecular weight excluding hydrogens is 222 g/mol. The largest absolute Gasteiger partial charge is 1.00 e. The number of carbonyl (C=O) groups is 2. The SMILES string of the molecule is CC(C)CC1C=CCC(C(=O)[O-])C1C(=O)[O-].[Li+].[Li+]. The van der Waals surface area contributed by atoms with E-state index in [4.69, 9.17) is 0 Å². The molecule has 0 saturated carbocycles. The third kappa shape index (κ3) is 5.25. The van der Waals surface area contributed by atoms with Gasteiger partial charge in [-0.25, -0.2) is 0 Å². The van der Waals surface area contributed by atoms with Crippen LogP contribution in [0.5, 0.6) is 0 Å². The van der Waals surface area contributed by atoms with Gasteiger partial charge in [-0.05, 0) is 24.7 Å². The third-order valence-electron chi connectivity index (χ3n) is 2.99. The summed E-state index contributed by atoms with van der Waals surface area (Å²) in [6, 6.07) is 0. The van der Waals surface area contributed by atoms with Gasteiger partial charge in [0.15, 0.2) is 0 Å². The summed E-state index contributed by atoms with van der Waals surface area (Å²) in [4.78, 5) is 21.9. The number of carboxylic acid groups (broad SMARTS) is 2. The van der Waals surface area contributed by atoms with Crippen LogP contribution >= 0.6 is 0 Å². The van der Waals surface area contributed by atoms with Crippen LogP contribution in [-0.4, -0.2) is 11.9 Å². The zero-order valence-corrected chi connectivity index (χ0v) is 11.5. The van der Waals surface area contributed by atoms with Gasteiger partial charge in [0.05, 0.1) is 0 Å². The normalized spacial score (nSPS) is 26.1. The average molecular weight is 238 g/mol. The number of allylic oxidation sites excluding steroid dienone is 2. The van der Waals surface area contributed by atoms with Gasteiger partial charge in [-0.1, -0.05) is 26.0 Å². The molecule has 0 fully saturated rings. The first kappa shape index (κ1) is 20.2. The molecule has 1 aliphatic rings. The van der Waals surface area contributed by atoms with Gasteiger partial charge in [-0.15, -0.1) is 0 Å². The smallest absolute Gasteiger partial charge is 0.550 e. The van der Waals surface area contributed by atoms with E-state index in [1.165, 1.54) is 0 Å². The van der Waals surface area contributed by atoms with Crippen LogP contribution in [0.4, 0.5) is 0 Å². The number of rotatable bonds is 4. The molecule has 90 valence electrons. The molecule has 4 nitrogen and oxygen atoms in total. The van der Waals surface area contributed by atoms with E-state index in [1.54, 1.807) is 12.2 Å². The van der Waals surface area contributed by atoms with Gasteiger partial charge in [-0.3, -0.25) is 0 Å². The van der Waals surface area contributed by atoms with Gasteiger partial charge in [0.25, 0.3) is 0 Å². The van der Waals surface area contributed by atoms with Crippen molar-refractivity contribution in [1.29, 1.82) is 0 Å². The van der Waals surface area contributed by atoms with E-state index < -0.39 is 23.8 Å². The van der Waals surface area contributed by atoms with Crippen LogP contribution in [0.15, 0.2) is 12.2 Å². The Hall–Kier alpha value is -0.125. The molecule has 1 rings (SSSR count). The molecule has 0 bridgehead atoms. The Morgan fingerprint density at radius 1 is 1.22 bits per heavy atom.